The molecule has 88 valence electrons. The zero-order valence-electron chi connectivity index (χ0n) is 9.53. The fraction of sp³-hybridized carbons (Fsp3) is 0.500. The first-order chi connectivity index (χ1) is 7.39. The zero-order chi connectivity index (χ0) is 12.3. The van der Waals surface area contributed by atoms with Crippen molar-refractivity contribution in [3.63, 3.8) is 0 Å². The highest BCUT2D eigenvalue weighted by Gasteiger charge is 2.28. The van der Waals surface area contributed by atoms with Crippen molar-refractivity contribution in [1.82, 2.24) is 10.3 Å². The molecule has 1 aromatic rings. The SMILES string of the molecule is CCC(C)(NC(=O)c1csc(C)n1)C(N)=S. The van der Waals surface area contributed by atoms with Gasteiger partial charge in [-0.1, -0.05) is 19.1 Å². The molecule has 1 rings (SSSR count). The Hall–Kier alpha value is -1.01. The van der Waals surface area contributed by atoms with Gasteiger partial charge in [-0.25, -0.2) is 4.98 Å². The van der Waals surface area contributed by atoms with Crippen molar-refractivity contribution >= 4 is 34.5 Å². The molecule has 0 saturated heterocycles. The number of hydrogen-bond acceptors (Lipinski definition) is 4. The minimum atomic E-state index is -0.649. The fourth-order valence-corrected chi connectivity index (χ4v) is 1.89. The van der Waals surface area contributed by atoms with E-state index >= 15 is 0 Å². The van der Waals surface area contributed by atoms with Gasteiger partial charge in [0.2, 0.25) is 0 Å². The van der Waals surface area contributed by atoms with E-state index in [-0.39, 0.29) is 10.9 Å². The minimum absolute atomic E-state index is 0.235. The third-order valence-electron chi connectivity index (χ3n) is 2.49. The zero-order valence-corrected chi connectivity index (χ0v) is 11.2. The van der Waals surface area contributed by atoms with E-state index in [1.54, 1.807) is 5.38 Å². The molecule has 16 heavy (non-hydrogen) atoms. The van der Waals surface area contributed by atoms with Gasteiger partial charge in [-0.15, -0.1) is 11.3 Å². The fourth-order valence-electron chi connectivity index (χ4n) is 1.11. The van der Waals surface area contributed by atoms with Crippen LogP contribution < -0.4 is 11.1 Å². The van der Waals surface area contributed by atoms with Crippen LogP contribution >= 0.6 is 23.6 Å². The van der Waals surface area contributed by atoms with Gasteiger partial charge >= 0.3 is 0 Å². The monoisotopic (exact) mass is 257 g/mol. The number of aryl methyl sites for hydroxylation is 1. The number of hydrogen-bond donors (Lipinski definition) is 2. The number of aromatic nitrogens is 1. The molecule has 1 aromatic heterocycles. The van der Waals surface area contributed by atoms with Crippen LogP contribution in [0.1, 0.15) is 35.8 Å². The Morgan fingerprint density at radius 3 is 2.75 bits per heavy atom. The molecule has 3 N–H and O–H groups in total. The van der Waals surface area contributed by atoms with Gasteiger partial charge in [0.05, 0.1) is 15.5 Å². The molecule has 6 heteroatoms. The first-order valence-corrected chi connectivity index (χ1v) is 6.22. The molecule has 0 aromatic carbocycles. The number of rotatable bonds is 4. The number of thiazole rings is 1. The van der Waals surface area contributed by atoms with Gasteiger partial charge in [0.1, 0.15) is 5.69 Å². The smallest absolute Gasteiger partial charge is 0.271 e. The lowest BCUT2D eigenvalue weighted by atomic mass is 9.99. The van der Waals surface area contributed by atoms with Crippen molar-refractivity contribution in [1.29, 1.82) is 0 Å². The summed E-state index contributed by atoms with van der Waals surface area (Å²) in [5.41, 5.74) is 5.38. The second-order valence-electron chi connectivity index (χ2n) is 3.76. The van der Waals surface area contributed by atoms with E-state index in [0.29, 0.717) is 12.1 Å². The second-order valence-corrected chi connectivity index (χ2v) is 5.26. The summed E-state index contributed by atoms with van der Waals surface area (Å²) in [7, 11) is 0. The maximum Gasteiger partial charge on any atom is 0.271 e. The summed E-state index contributed by atoms with van der Waals surface area (Å²) in [6.45, 7) is 5.59. The molecule has 0 fully saturated rings. The Balaban J connectivity index is 2.81. The van der Waals surface area contributed by atoms with Crippen LogP contribution in [0.25, 0.3) is 0 Å². The van der Waals surface area contributed by atoms with E-state index in [2.05, 4.69) is 10.3 Å². The summed E-state index contributed by atoms with van der Waals surface area (Å²) in [6.07, 6.45) is 0.650. The Morgan fingerprint density at radius 1 is 1.75 bits per heavy atom. The average Bonchev–Trinajstić information content (AvgIpc) is 2.64. The molecule has 1 heterocycles. The van der Waals surface area contributed by atoms with E-state index < -0.39 is 5.54 Å². The third kappa shape index (κ3) is 2.76. The van der Waals surface area contributed by atoms with Crippen LogP contribution in [0.2, 0.25) is 0 Å². The number of nitrogens with one attached hydrogen (secondary N) is 1. The van der Waals surface area contributed by atoms with E-state index in [1.807, 2.05) is 20.8 Å². The van der Waals surface area contributed by atoms with Gasteiger partial charge in [0.25, 0.3) is 5.91 Å². The molecule has 0 bridgehead atoms. The van der Waals surface area contributed by atoms with Crippen molar-refractivity contribution in [2.75, 3.05) is 0 Å². The van der Waals surface area contributed by atoms with Gasteiger partial charge < -0.3 is 11.1 Å². The molecule has 1 amide bonds. The van der Waals surface area contributed by atoms with Crippen LogP contribution in [-0.2, 0) is 0 Å². The summed E-state index contributed by atoms with van der Waals surface area (Å²) in [5, 5.41) is 5.39. The highest BCUT2D eigenvalue weighted by molar-refractivity contribution is 7.80. The number of carbonyl (C=O) groups excluding carboxylic acids is 1. The van der Waals surface area contributed by atoms with Crippen LogP contribution in [0, 0.1) is 6.92 Å². The Bertz CT molecular complexity index is 416. The molecule has 0 radical (unpaired) electrons. The molecule has 0 spiro atoms. The predicted octanol–water partition coefficient (Wildman–Crippen LogP) is 1.64. The van der Waals surface area contributed by atoms with Crippen LogP contribution in [0.3, 0.4) is 0 Å². The molecule has 1 unspecified atom stereocenters. The lowest BCUT2D eigenvalue weighted by Crippen LogP contribution is -2.54. The summed E-state index contributed by atoms with van der Waals surface area (Å²) in [4.78, 5) is 16.3. The Kier molecular flexibility index (Phi) is 3.98. The molecular formula is C10H15N3OS2. The summed E-state index contributed by atoms with van der Waals surface area (Å²) in [6, 6.07) is 0. The first kappa shape index (κ1) is 13.1. The molecule has 0 aliphatic carbocycles. The number of carbonyl (C=O) groups is 1. The standard InChI is InChI=1S/C10H15N3OS2/c1-4-10(3,9(11)15)13-8(14)7-5-16-6(2)12-7/h5H,4H2,1-3H3,(H2,11,15)(H,13,14). The quantitative estimate of drug-likeness (QED) is 0.805. The maximum absolute atomic E-state index is 11.9. The third-order valence-corrected chi connectivity index (χ3v) is 3.72. The van der Waals surface area contributed by atoms with Crippen molar-refractivity contribution in [3.8, 4) is 0 Å². The van der Waals surface area contributed by atoms with Gasteiger partial charge in [0, 0.05) is 5.38 Å². The lowest BCUT2D eigenvalue weighted by Gasteiger charge is -2.27. The highest BCUT2D eigenvalue weighted by atomic mass is 32.1. The van der Waals surface area contributed by atoms with Crippen molar-refractivity contribution in [2.24, 2.45) is 5.73 Å². The Morgan fingerprint density at radius 2 is 2.38 bits per heavy atom. The summed E-state index contributed by atoms with van der Waals surface area (Å²) in [5.74, 6) is -0.235. The van der Waals surface area contributed by atoms with Gasteiger partial charge in [-0.05, 0) is 20.3 Å². The van der Waals surface area contributed by atoms with Crippen molar-refractivity contribution in [2.45, 2.75) is 32.7 Å². The van der Waals surface area contributed by atoms with Crippen LogP contribution in [0.15, 0.2) is 5.38 Å². The van der Waals surface area contributed by atoms with E-state index in [9.17, 15) is 4.79 Å². The summed E-state index contributed by atoms with van der Waals surface area (Å²) >= 11 is 6.39. The highest BCUT2D eigenvalue weighted by Crippen LogP contribution is 2.13. The topological polar surface area (TPSA) is 68.0 Å². The van der Waals surface area contributed by atoms with E-state index in [4.69, 9.17) is 18.0 Å². The normalized spacial score (nSPS) is 14.2. The number of thiocarbonyl (C=S) groups is 1. The predicted molar refractivity (Wildman–Crippen MR) is 69.8 cm³/mol. The first-order valence-electron chi connectivity index (χ1n) is 4.93. The van der Waals surface area contributed by atoms with Crippen LogP contribution in [0.5, 0.6) is 0 Å². The molecule has 0 saturated carbocycles. The van der Waals surface area contributed by atoms with Crippen molar-refractivity contribution < 1.29 is 4.79 Å². The number of nitrogens with zero attached hydrogens (tertiary/aromatic N) is 1. The second kappa shape index (κ2) is 4.88. The van der Waals surface area contributed by atoms with E-state index in [1.165, 1.54) is 11.3 Å². The van der Waals surface area contributed by atoms with Gasteiger partial charge in [0.15, 0.2) is 0 Å². The van der Waals surface area contributed by atoms with Crippen molar-refractivity contribution in [3.05, 3.63) is 16.1 Å². The van der Waals surface area contributed by atoms with Crippen LogP contribution in [0.4, 0.5) is 0 Å². The molecule has 1 atom stereocenters. The number of amides is 1. The minimum Gasteiger partial charge on any atom is -0.391 e. The molecule has 4 nitrogen and oxygen atoms in total. The van der Waals surface area contributed by atoms with E-state index in [0.717, 1.165) is 5.01 Å². The Labute approximate surface area is 104 Å². The number of nitrogens with two attached hydrogens (primary N) is 1. The molecular weight excluding hydrogens is 242 g/mol. The lowest BCUT2D eigenvalue weighted by molar-refractivity contribution is 0.0922. The van der Waals surface area contributed by atoms with Crippen LogP contribution in [-0.4, -0.2) is 21.4 Å². The van der Waals surface area contributed by atoms with Gasteiger partial charge in [-0.3, -0.25) is 4.79 Å². The van der Waals surface area contributed by atoms with Gasteiger partial charge in [-0.2, -0.15) is 0 Å². The average molecular weight is 257 g/mol. The summed E-state index contributed by atoms with van der Waals surface area (Å²) < 4.78 is 0. The maximum atomic E-state index is 11.9. The molecule has 0 aliphatic heterocycles. The molecule has 0 aliphatic rings. The largest absolute Gasteiger partial charge is 0.391 e.